The Balaban J connectivity index is 2.21. The monoisotopic (exact) mass is 164 g/mol. The van der Waals surface area contributed by atoms with Gasteiger partial charge in [-0.2, -0.15) is 0 Å². The van der Waals surface area contributed by atoms with Gasteiger partial charge in [0.1, 0.15) is 0 Å². The molecule has 1 saturated carbocycles. The lowest BCUT2D eigenvalue weighted by molar-refractivity contribution is -0.114. The van der Waals surface area contributed by atoms with Crippen LogP contribution in [-0.4, -0.2) is 5.78 Å². The number of hydrogen-bond donors (Lipinski definition) is 0. The second-order valence-corrected chi connectivity index (χ2v) is 4.20. The Hall–Kier alpha value is -0.590. The second kappa shape index (κ2) is 3.04. The number of carbonyl (C=O) groups is 1. The highest BCUT2D eigenvalue weighted by molar-refractivity contribution is 5.93. The van der Waals surface area contributed by atoms with E-state index in [1.165, 1.54) is 31.3 Å². The van der Waals surface area contributed by atoms with Gasteiger partial charge in [0.25, 0.3) is 0 Å². The van der Waals surface area contributed by atoms with E-state index in [1.807, 2.05) is 6.08 Å². The average molecular weight is 164 g/mol. The number of ketones is 1. The van der Waals surface area contributed by atoms with Crippen LogP contribution in [0.3, 0.4) is 0 Å². The van der Waals surface area contributed by atoms with E-state index in [0.29, 0.717) is 17.6 Å². The summed E-state index contributed by atoms with van der Waals surface area (Å²) >= 11 is 0. The third kappa shape index (κ3) is 1.33. The summed E-state index contributed by atoms with van der Waals surface area (Å²) in [5.74, 6) is 1.66. The summed E-state index contributed by atoms with van der Waals surface area (Å²) in [7, 11) is 0. The van der Waals surface area contributed by atoms with Gasteiger partial charge in [-0.3, -0.25) is 4.79 Å². The fraction of sp³-hybridized carbons (Fsp3) is 0.727. The van der Waals surface area contributed by atoms with Crippen molar-refractivity contribution in [2.24, 2.45) is 11.8 Å². The van der Waals surface area contributed by atoms with Crippen molar-refractivity contribution in [3.8, 4) is 0 Å². The smallest absolute Gasteiger partial charge is 0.156 e. The molecule has 1 heteroatoms. The number of fused-ring (bicyclic) bond motifs is 1. The Morgan fingerprint density at radius 2 is 2.08 bits per heavy atom. The van der Waals surface area contributed by atoms with Gasteiger partial charge in [0.05, 0.1) is 0 Å². The van der Waals surface area contributed by atoms with Crippen molar-refractivity contribution in [3.05, 3.63) is 11.6 Å². The quantitative estimate of drug-likeness (QED) is 0.538. The third-order valence-electron chi connectivity index (χ3n) is 3.26. The van der Waals surface area contributed by atoms with Crippen LogP contribution < -0.4 is 0 Å². The highest BCUT2D eigenvalue weighted by Gasteiger charge is 2.29. The maximum absolute atomic E-state index is 11.2. The van der Waals surface area contributed by atoms with E-state index in [1.54, 1.807) is 0 Å². The molecule has 12 heavy (non-hydrogen) atoms. The van der Waals surface area contributed by atoms with Gasteiger partial charge in [0.15, 0.2) is 5.78 Å². The Bertz CT molecular complexity index is 227. The first-order valence-electron chi connectivity index (χ1n) is 5.01. The lowest BCUT2D eigenvalue weighted by Gasteiger charge is -2.14. The topological polar surface area (TPSA) is 17.1 Å². The first-order chi connectivity index (χ1) is 5.77. The van der Waals surface area contributed by atoms with Crippen LogP contribution in [0.1, 0.15) is 39.0 Å². The van der Waals surface area contributed by atoms with Gasteiger partial charge < -0.3 is 0 Å². The molecule has 0 amide bonds. The first-order valence-corrected chi connectivity index (χ1v) is 5.01. The third-order valence-corrected chi connectivity index (χ3v) is 3.26. The minimum Gasteiger partial charge on any atom is -0.295 e. The van der Waals surface area contributed by atoms with E-state index in [4.69, 9.17) is 0 Å². The standard InChI is InChI=1S/C11H16O/c1-8-4-2-3-5-9-6-10(12)7-11(8)9/h7-9H,2-6H2,1H3/t8-,9+/m0/s1. The fourth-order valence-corrected chi connectivity index (χ4v) is 2.54. The molecule has 0 saturated heterocycles. The molecule has 0 bridgehead atoms. The Labute approximate surface area is 73.8 Å². The Morgan fingerprint density at radius 3 is 2.92 bits per heavy atom. The molecular formula is C11H16O. The normalized spacial score (nSPS) is 35.8. The highest BCUT2D eigenvalue weighted by Crippen LogP contribution is 2.38. The summed E-state index contributed by atoms with van der Waals surface area (Å²) in [6.07, 6.45) is 7.93. The van der Waals surface area contributed by atoms with E-state index in [0.717, 1.165) is 6.42 Å². The van der Waals surface area contributed by atoms with Crippen LogP contribution in [0.15, 0.2) is 11.6 Å². The zero-order valence-electron chi connectivity index (χ0n) is 7.68. The minimum absolute atomic E-state index is 0.365. The van der Waals surface area contributed by atoms with E-state index in [9.17, 15) is 4.79 Å². The van der Waals surface area contributed by atoms with Gasteiger partial charge in [0.2, 0.25) is 0 Å². The van der Waals surface area contributed by atoms with Crippen LogP contribution in [0, 0.1) is 11.8 Å². The molecular weight excluding hydrogens is 148 g/mol. The van der Waals surface area contributed by atoms with Crippen LogP contribution in [0.5, 0.6) is 0 Å². The molecule has 0 radical (unpaired) electrons. The number of allylic oxidation sites excluding steroid dienone is 2. The van der Waals surface area contributed by atoms with Crippen molar-refractivity contribution in [2.75, 3.05) is 0 Å². The van der Waals surface area contributed by atoms with Crippen LogP contribution in [0.2, 0.25) is 0 Å². The molecule has 2 atom stereocenters. The van der Waals surface area contributed by atoms with E-state index in [-0.39, 0.29) is 0 Å². The molecule has 2 aliphatic rings. The number of hydrogen-bond acceptors (Lipinski definition) is 1. The van der Waals surface area contributed by atoms with Crippen molar-refractivity contribution >= 4 is 5.78 Å². The molecule has 0 spiro atoms. The van der Waals surface area contributed by atoms with E-state index < -0.39 is 0 Å². The summed E-state index contributed by atoms with van der Waals surface area (Å²) in [5.41, 5.74) is 1.46. The SMILES string of the molecule is C[C@H]1CCCC[C@@H]2CC(=O)C=C21. The maximum Gasteiger partial charge on any atom is 0.156 e. The Kier molecular flexibility index (Phi) is 2.03. The van der Waals surface area contributed by atoms with Crippen LogP contribution in [0.25, 0.3) is 0 Å². The lowest BCUT2D eigenvalue weighted by atomic mass is 9.90. The van der Waals surface area contributed by atoms with Gasteiger partial charge in [0, 0.05) is 6.42 Å². The molecule has 66 valence electrons. The lowest BCUT2D eigenvalue weighted by Crippen LogP contribution is -2.03. The summed E-state index contributed by atoms with van der Waals surface area (Å²) in [4.78, 5) is 11.2. The van der Waals surface area contributed by atoms with Crippen LogP contribution in [0.4, 0.5) is 0 Å². The molecule has 0 aliphatic heterocycles. The van der Waals surface area contributed by atoms with Gasteiger partial charge >= 0.3 is 0 Å². The Morgan fingerprint density at radius 1 is 1.33 bits per heavy atom. The van der Waals surface area contributed by atoms with Crippen molar-refractivity contribution < 1.29 is 4.79 Å². The molecule has 0 N–H and O–H groups in total. The van der Waals surface area contributed by atoms with Crippen molar-refractivity contribution in [1.82, 2.24) is 0 Å². The minimum atomic E-state index is 0.365. The predicted molar refractivity (Wildman–Crippen MR) is 48.8 cm³/mol. The molecule has 2 aliphatic carbocycles. The molecule has 1 nitrogen and oxygen atoms in total. The molecule has 1 fully saturated rings. The second-order valence-electron chi connectivity index (χ2n) is 4.20. The maximum atomic E-state index is 11.2. The molecule has 0 heterocycles. The van der Waals surface area contributed by atoms with Crippen molar-refractivity contribution in [2.45, 2.75) is 39.0 Å². The van der Waals surface area contributed by atoms with E-state index >= 15 is 0 Å². The first kappa shape index (κ1) is 8.03. The zero-order valence-corrected chi connectivity index (χ0v) is 7.68. The fourth-order valence-electron chi connectivity index (χ4n) is 2.54. The highest BCUT2D eigenvalue weighted by atomic mass is 16.1. The van der Waals surface area contributed by atoms with Gasteiger partial charge in [-0.25, -0.2) is 0 Å². The zero-order chi connectivity index (χ0) is 8.55. The summed E-state index contributed by atoms with van der Waals surface area (Å²) in [6, 6.07) is 0. The molecule has 2 rings (SSSR count). The van der Waals surface area contributed by atoms with Gasteiger partial charge in [-0.05, 0) is 30.8 Å². The summed E-state index contributed by atoms with van der Waals surface area (Å²) in [5, 5.41) is 0. The van der Waals surface area contributed by atoms with Gasteiger partial charge in [-0.15, -0.1) is 0 Å². The summed E-state index contributed by atoms with van der Waals surface area (Å²) in [6.45, 7) is 2.27. The van der Waals surface area contributed by atoms with Gasteiger partial charge in [-0.1, -0.05) is 25.3 Å². The van der Waals surface area contributed by atoms with Crippen LogP contribution >= 0.6 is 0 Å². The van der Waals surface area contributed by atoms with E-state index in [2.05, 4.69) is 6.92 Å². The average Bonchev–Trinajstić information content (AvgIpc) is 2.33. The number of rotatable bonds is 0. The largest absolute Gasteiger partial charge is 0.295 e. The van der Waals surface area contributed by atoms with Crippen LogP contribution in [-0.2, 0) is 4.79 Å². The molecule has 0 aromatic carbocycles. The molecule has 0 aromatic heterocycles. The summed E-state index contributed by atoms with van der Waals surface area (Å²) < 4.78 is 0. The predicted octanol–water partition coefficient (Wildman–Crippen LogP) is 2.71. The van der Waals surface area contributed by atoms with Crippen molar-refractivity contribution in [3.63, 3.8) is 0 Å². The van der Waals surface area contributed by atoms with Crippen molar-refractivity contribution in [1.29, 1.82) is 0 Å². The molecule has 0 unspecified atom stereocenters. The molecule has 0 aromatic rings. The number of carbonyl (C=O) groups excluding carboxylic acids is 1.